The van der Waals surface area contributed by atoms with Crippen molar-refractivity contribution in [3.05, 3.63) is 53.3 Å². The molecule has 0 unspecified atom stereocenters. The highest BCUT2D eigenvalue weighted by Gasteiger charge is 2.14. The summed E-state index contributed by atoms with van der Waals surface area (Å²) in [6, 6.07) is 8.04. The van der Waals surface area contributed by atoms with Gasteiger partial charge >= 0.3 is 0 Å². The minimum Gasteiger partial charge on any atom is -0.379 e. The predicted molar refractivity (Wildman–Crippen MR) is 110 cm³/mol. The fraction of sp³-hybridized carbons (Fsp3) is 0.350. The van der Waals surface area contributed by atoms with Gasteiger partial charge in [-0.15, -0.1) is 11.3 Å². The molecule has 1 amide bonds. The Labute approximate surface area is 168 Å². The topological polar surface area (TPSA) is 72.3 Å². The molecule has 1 aliphatic rings. The van der Waals surface area contributed by atoms with Gasteiger partial charge in [0.25, 0.3) is 5.91 Å². The maximum atomic E-state index is 12.5. The number of hydrogen-bond donors (Lipinski definition) is 1. The highest BCUT2D eigenvalue weighted by Crippen LogP contribution is 2.26. The number of nitrogens with zero attached hydrogens (tertiary/aromatic N) is 4. The average Bonchev–Trinajstić information content (AvgIpc) is 3.37. The van der Waals surface area contributed by atoms with Gasteiger partial charge in [-0.1, -0.05) is 24.3 Å². The van der Waals surface area contributed by atoms with E-state index < -0.39 is 0 Å². The van der Waals surface area contributed by atoms with Gasteiger partial charge in [0.15, 0.2) is 0 Å². The number of carbonyl (C=O) groups excluding carboxylic acids is 1. The first kappa shape index (κ1) is 18.8. The molecule has 1 saturated heterocycles. The molecular formula is C20H23N5O2S. The van der Waals surface area contributed by atoms with Crippen molar-refractivity contribution >= 4 is 22.9 Å². The molecule has 3 aromatic rings. The maximum Gasteiger partial charge on any atom is 0.275 e. The Morgan fingerprint density at radius 2 is 2.07 bits per heavy atom. The van der Waals surface area contributed by atoms with Crippen molar-refractivity contribution in [2.45, 2.75) is 13.5 Å². The lowest BCUT2D eigenvalue weighted by molar-refractivity contribution is 0.0360. The minimum atomic E-state index is -0.219. The summed E-state index contributed by atoms with van der Waals surface area (Å²) >= 11 is 1.48. The van der Waals surface area contributed by atoms with Gasteiger partial charge in [0, 0.05) is 36.8 Å². The third-order valence-corrected chi connectivity index (χ3v) is 5.63. The van der Waals surface area contributed by atoms with Crippen LogP contribution in [-0.2, 0) is 11.3 Å². The summed E-state index contributed by atoms with van der Waals surface area (Å²) in [6.07, 6.45) is 3.53. The monoisotopic (exact) mass is 397 g/mol. The first-order chi connectivity index (χ1) is 13.7. The van der Waals surface area contributed by atoms with E-state index in [1.165, 1.54) is 11.3 Å². The van der Waals surface area contributed by atoms with Crippen LogP contribution in [0.5, 0.6) is 0 Å². The van der Waals surface area contributed by atoms with Crippen LogP contribution in [0.2, 0.25) is 0 Å². The Balaban J connectivity index is 1.35. The summed E-state index contributed by atoms with van der Waals surface area (Å²) in [7, 11) is 0. The number of aryl methyl sites for hydroxylation is 1. The molecule has 2 aromatic heterocycles. The zero-order chi connectivity index (χ0) is 19.3. The molecule has 1 aromatic carbocycles. The van der Waals surface area contributed by atoms with Crippen LogP contribution in [0.4, 0.5) is 5.69 Å². The van der Waals surface area contributed by atoms with Crippen LogP contribution in [0, 0.1) is 6.92 Å². The molecular weight excluding hydrogens is 374 g/mol. The lowest BCUT2D eigenvalue weighted by atomic mass is 10.1. The summed E-state index contributed by atoms with van der Waals surface area (Å²) in [5, 5.41) is 9.87. The number of carbonyl (C=O) groups is 1. The second-order valence-electron chi connectivity index (χ2n) is 6.75. The Kier molecular flexibility index (Phi) is 5.80. The summed E-state index contributed by atoms with van der Waals surface area (Å²) in [6.45, 7) is 7.24. The number of anilines is 1. The molecule has 7 nitrogen and oxygen atoms in total. The number of hydrogen-bond acceptors (Lipinski definition) is 6. The zero-order valence-corrected chi connectivity index (χ0v) is 16.6. The molecule has 4 rings (SSSR count). The van der Waals surface area contributed by atoms with Gasteiger partial charge in [0.05, 0.1) is 31.6 Å². The quantitative estimate of drug-likeness (QED) is 0.692. The number of ether oxygens (including phenoxy) is 1. The fourth-order valence-electron chi connectivity index (χ4n) is 3.13. The van der Waals surface area contributed by atoms with Crippen molar-refractivity contribution < 1.29 is 9.53 Å². The van der Waals surface area contributed by atoms with E-state index in [-0.39, 0.29) is 5.91 Å². The van der Waals surface area contributed by atoms with Gasteiger partial charge < -0.3 is 10.1 Å². The lowest BCUT2D eigenvalue weighted by Crippen LogP contribution is -2.38. The molecule has 146 valence electrons. The number of morpholine rings is 1. The van der Waals surface area contributed by atoms with Crippen LogP contribution in [0.25, 0.3) is 10.6 Å². The molecule has 1 N–H and O–H groups in total. The van der Waals surface area contributed by atoms with Crippen molar-refractivity contribution in [3.63, 3.8) is 0 Å². The number of rotatable bonds is 6. The summed E-state index contributed by atoms with van der Waals surface area (Å²) in [5.74, 6) is -0.219. The molecule has 0 saturated carbocycles. The summed E-state index contributed by atoms with van der Waals surface area (Å²) in [4.78, 5) is 19.4. The molecule has 0 radical (unpaired) electrons. The first-order valence-corrected chi connectivity index (χ1v) is 10.2. The van der Waals surface area contributed by atoms with E-state index in [1.807, 2.05) is 42.1 Å². The third-order valence-electron chi connectivity index (χ3n) is 4.75. The van der Waals surface area contributed by atoms with Crippen LogP contribution in [0.15, 0.2) is 42.0 Å². The van der Waals surface area contributed by atoms with Crippen LogP contribution in [-0.4, -0.2) is 58.4 Å². The number of aromatic nitrogens is 3. The van der Waals surface area contributed by atoms with E-state index in [0.29, 0.717) is 11.4 Å². The van der Waals surface area contributed by atoms with E-state index in [2.05, 4.69) is 20.3 Å². The van der Waals surface area contributed by atoms with E-state index in [9.17, 15) is 4.79 Å². The standard InChI is InChI=1S/C20H23N5O2S/c1-15-4-2-3-5-17(15)20-23-18(14-28-20)19(26)22-16-12-21-25(13-16)7-6-24-8-10-27-11-9-24/h2-5,12-14H,6-11H2,1H3,(H,22,26). The fourth-order valence-corrected chi connectivity index (χ4v) is 4.02. The van der Waals surface area contributed by atoms with Gasteiger partial charge in [-0.3, -0.25) is 14.4 Å². The highest BCUT2D eigenvalue weighted by molar-refractivity contribution is 7.13. The van der Waals surface area contributed by atoms with E-state index in [0.717, 1.165) is 55.5 Å². The molecule has 3 heterocycles. The molecule has 0 bridgehead atoms. The Morgan fingerprint density at radius 1 is 1.25 bits per heavy atom. The molecule has 0 spiro atoms. The molecule has 0 atom stereocenters. The van der Waals surface area contributed by atoms with Crippen LogP contribution < -0.4 is 5.32 Å². The molecule has 1 fully saturated rings. The van der Waals surface area contributed by atoms with Crippen LogP contribution >= 0.6 is 11.3 Å². The smallest absolute Gasteiger partial charge is 0.275 e. The second kappa shape index (κ2) is 8.64. The number of benzene rings is 1. The van der Waals surface area contributed by atoms with Gasteiger partial charge in [0.2, 0.25) is 0 Å². The van der Waals surface area contributed by atoms with Crippen molar-refractivity contribution in [3.8, 4) is 10.6 Å². The third kappa shape index (κ3) is 4.46. The molecule has 8 heteroatoms. The van der Waals surface area contributed by atoms with E-state index in [4.69, 9.17) is 4.74 Å². The van der Waals surface area contributed by atoms with E-state index in [1.54, 1.807) is 11.6 Å². The second-order valence-corrected chi connectivity index (χ2v) is 7.61. The predicted octanol–water partition coefficient (Wildman–Crippen LogP) is 2.90. The van der Waals surface area contributed by atoms with Gasteiger partial charge in [-0.2, -0.15) is 5.10 Å². The summed E-state index contributed by atoms with van der Waals surface area (Å²) < 4.78 is 7.21. The minimum absolute atomic E-state index is 0.219. The van der Waals surface area contributed by atoms with Gasteiger partial charge in [0.1, 0.15) is 10.7 Å². The first-order valence-electron chi connectivity index (χ1n) is 9.34. The molecule has 1 aliphatic heterocycles. The van der Waals surface area contributed by atoms with Crippen molar-refractivity contribution in [2.75, 3.05) is 38.2 Å². The van der Waals surface area contributed by atoms with Crippen LogP contribution in [0.3, 0.4) is 0 Å². The van der Waals surface area contributed by atoms with Crippen molar-refractivity contribution in [2.24, 2.45) is 0 Å². The summed E-state index contributed by atoms with van der Waals surface area (Å²) in [5.41, 5.74) is 3.30. The SMILES string of the molecule is Cc1ccccc1-c1nc(C(=O)Nc2cnn(CCN3CCOCC3)c2)cs1. The number of thiazole rings is 1. The number of amides is 1. The normalized spacial score (nSPS) is 14.9. The lowest BCUT2D eigenvalue weighted by Gasteiger charge is -2.26. The highest BCUT2D eigenvalue weighted by atomic mass is 32.1. The van der Waals surface area contributed by atoms with Crippen LogP contribution in [0.1, 0.15) is 16.1 Å². The van der Waals surface area contributed by atoms with E-state index >= 15 is 0 Å². The molecule has 0 aliphatic carbocycles. The number of nitrogens with one attached hydrogen (secondary N) is 1. The largest absolute Gasteiger partial charge is 0.379 e. The van der Waals surface area contributed by atoms with Gasteiger partial charge in [-0.05, 0) is 12.5 Å². The zero-order valence-electron chi connectivity index (χ0n) is 15.8. The maximum absolute atomic E-state index is 12.5. The van der Waals surface area contributed by atoms with Crippen molar-refractivity contribution in [1.29, 1.82) is 0 Å². The van der Waals surface area contributed by atoms with Crippen molar-refractivity contribution in [1.82, 2.24) is 19.7 Å². The Morgan fingerprint density at radius 3 is 2.89 bits per heavy atom. The average molecular weight is 398 g/mol. The Hall–Kier alpha value is -2.55. The molecule has 28 heavy (non-hydrogen) atoms. The van der Waals surface area contributed by atoms with Gasteiger partial charge in [-0.25, -0.2) is 4.98 Å². The Bertz CT molecular complexity index is 945.